The van der Waals surface area contributed by atoms with Crippen molar-refractivity contribution in [1.82, 2.24) is 0 Å². The minimum Gasteiger partial charge on any atom is -0.326 e. The molecule has 0 unspecified atom stereocenters. The van der Waals surface area contributed by atoms with Crippen LogP contribution in [0.25, 0.3) is 0 Å². The van der Waals surface area contributed by atoms with Gasteiger partial charge in [-0.1, -0.05) is 38.7 Å². The molecule has 1 aromatic rings. The summed E-state index contributed by atoms with van der Waals surface area (Å²) in [7, 11) is 0. The third-order valence-electron chi connectivity index (χ3n) is 4.02. The number of unbranched alkanes of at least 4 members (excludes halogenated alkanes) is 4. The van der Waals surface area contributed by atoms with Crippen LogP contribution in [0.15, 0.2) is 24.3 Å². The highest BCUT2D eigenvalue weighted by molar-refractivity contribution is 5.97. The number of hydrogen-bond donors (Lipinski definition) is 1. The highest BCUT2D eigenvalue weighted by Gasteiger charge is 2.21. The van der Waals surface area contributed by atoms with Crippen LogP contribution in [0.3, 0.4) is 0 Å². The third kappa shape index (κ3) is 4.86. The molecule has 2 rings (SSSR count). The normalized spacial score (nSPS) is 14.4. The van der Waals surface area contributed by atoms with Crippen molar-refractivity contribution in [3.05, 3.63) is 24.3 Å². The number of hydrogen-bond acceptors (Lipinski definition) is 2. The van der Waals surface area contributed by atoms with E-state index in [2.05, 4.69) is 12.2 Å². The van der Waals surface area contributed by atoms with Crippen LogP contribution in [0, 0.1) is 0 Å². The Morgan fingerprint density at radius 3 is 2.77 bits per heavy atom. The maximum absolute atomic E-state index is 12.0. The lowest BCUT2D eigenvalue weighted by atomic mass is 10.1. The molecule has 0 atom stereocenters. The second-order valence-electron chi connectivity index (χ2n) is 5.91. The summed E-state index contributed by atoms with van der Waals surface area (Å²) < 4.78 is 0. The molecule has 4 heteroatoms. The number of carbonyl (C=O) groups is 2. The van der Waals surface area contributed by atoms with E-state index < -0.39 is 0 Å². The smallest absolute Gasteiger partial charge is 0.227 e. The molecule has 4 nitrogen and oxygen atoms in total. The van der Waals surface area contributed by atoms with Crippen LogP contribution in [0.4, 0.5) is 11.4 Å². The fourth-order valence-corrected chi connectivity index (χ4v) is 2.79. The van der Waals surface area contributed by atoms with Crippen molar-refractivity contribution < 1.29 is 9.59 Å². The molecule has 0 radical (unpaired) electrons. The van der Waals surface area contributed by atoms with Crippen molar-refractivity contribution in [1.29, 1.82) is 0 Å². The van der Waals surface area contributed by atoms with Gasteiger partial charge in [-0.3, -0.25) is 9.59 Å². The summed E-state index contributed by atoms with van der Waals surface area (Å²) in [6.07, 6.45) is 7.82. The van der Waals surface area contributed by atoms with E-state index in [1.165, 1.54) is 19.3 Å². The van der Waals surface area contributed by atoms with Crippen LogP contribution in [-0.4, -0.2) is 18.4 Å². The van der Waals surface area contributed by atoms with Crippen LogP contribution in [0.2, 0.25) is 0 Å². The van der Waals surface area contributed by atoms with Gasteiger partial charge >= 0.3 is 0 Å². The lowest BCUT2D eigenvalue weighted by Crippen LogP contribution is -2.23. The lowest BCUT2D eigenvalue weighted by molar-refractivity contribution is -0.117. The molecular weight excluding hydrogens is 276 g/mol. The average molecular weight is 302 g/mol. The van der Waals surface area contributed by atoms with E-state index in [0.717, 1.165) is 37.2 Å². The Labute approximate surface area is 132 Å². The predicted octanol–water partition coefficient (Wildman–Crippen LogP) is 4.11. The number of amides is 2. The molecule has 0 spiro atoms. The van der Waals surface area contributed by atoms with E-state index in [1.54, 1.807) is 4.90 Å². The first kappa shape index (κ1) is 16.5. The number of benzene rings is 1. The van der Waals surface area contributed by atoms with Crippen molar-refractivity contribution in [3.8, 4) is 0 Å². The first-order valence-corrected chi connectivity index (χ1v) is 8.41. The summed E-state index contributed by atoms with van der Waals surface area (Å²) in [6.45, 7) is 2.96. The zero-order valence-electron chi connectivity index (χ0n) is 13.4. The molecule has 1 aromatic carbocycles. The van der Waals surface area contributed by atoms with Crippen LogP contribution in [0.5, 0.6) is 0 Å². The topological polar surface area (TPSA) is 49.4 Å². The van der Waals surface area contributed by atoms with Crippen molar-refractivity contribution in [2.45, 2.75) is 58.3 Å². The number of rotatable bonds is 8. The Hall–Kier alpha value is -1.84. The summed E-state index contributed by atoms with van der Waals surface area (Å²) in [4.78, 5) is 25.5. The minimum atomic E-state index is 0.0568. The minimum absolute atomic E-state index is 0.0568. The first-order chi connectivity index (χ1) is 10.7. The highest BCUT2D eigenvalue weighted by atomic mass is 16.2. The SMILES string of the molecule is CCCCCCCC(=O)Nc1cccc(N2CCCC2=O)c1. The molecule has 0 aromatic heterocycles. The maximum Gasteiger partial charge on any atom is 0.227 e. The number of nitrogens with zero attached hydrogens (tertiary/aromatic N) is 1. The van der Waals surface area contributed by atoms with E-state index in [-0.39, 0.29) is 11.8 Å². The van der Waals surface area contributed by atoms with E-state index in [1.807, 2.05) is 24.3 Å². The van der Waals surface area contributed by atoms with Gasteiger partial charge in [0.1, 0.15) is 0 Å². The van der Waals surface area contributed by atoms with E-state index in [4.69, 9.17) is 0 Å². The van der Waals surface area contributed by atoms with Gasteiger partial charge in [-0.15, -0.1) is 0 Å². The van der Waals surface area contributed by atoms with Gasteiger partial charge in [0.2, 0.25) is 11.8 Å². The van der Waals surface area contributed by atoms with Gasteiger partial charge in [-0.2, -0.15) is 0 Å². The zero-order valence-corrected chi connectivity index (χ0v) is 13.4. The monoisotopic (exact) mass is 302 g/mol. The van der Waals surface area contributed by atoms with Gasteiger partial charge in [0.15, 0.2) is 0 Å². The Kier molecular flexibility index (Phi) is 6.44. The Morgan fingerprint density at radius 2 is 2.05 bits per heavy atom. The van der Waals surface area contributed by atoms with Gasteiger partial charge in [0.05, 0.1) is 0 Å². The van der Waals surface area contributed by atoms with Gasteiger partial charge in [0.25, 0.3) is 0 Å². The first-order valence-electron chi connectivity index (χ1n) is 8.41. The standard InChI is InChI=1S/C18H26N2O2/c1-2-3-4-5-6-11-17(21)19-15-9-7-10-16(14-15)20-13-8-12-18(20)22/h7,9-10,14H,2-6,8,11-13H2,1H3,(H,19,21). The molecule has 0 saturated carbocycles. The molecule has 2 amide bonds. The van der Waals surface area contributed by atoms with Crippen molar-refractivity contribution in [3.63, 3.8) is 0 Å². The van der Waals surface area contributed by atoms with Gasteiger partial charge in [0, 0.05) is 30.8 Å². The quantitative estimate of drug-likeness (QED) is 0.735. The zero-order chi connectivity index (χ0) is 15.8. The van der Waals surface area contributed by atoms with E-state index >= 15 is 0 Å². The molecule has 1 aliphatic heterocycles. The Balaban J connectivity index is 1.82. The van der Waals surface area contributed by atoms with Gasteiger partial charge < -0.3 is 10.2 Å². The largest absolute Gasteiger partial charge is 0.326 e. The van der Waals surface area contributed by atoms with Gasteiger partial charge in [-0.25, -0.2) is 0 Å². The number of anilines is 2. The molecule has 1 N–H and O–H groups in total. The summed E-state index contributed by atoms with van der Waals surface area (Å²) >= 11 is 0. The van der Waals surface area contributed by atoms with Crippen LogP contribution >= 0.6 is 0 Å². The number of nitrogens with one attached hydrogen (secondary N) is 1. The summed E-state index contributed by atoms with van der Waals surface area (Å²) in [5, 5.41) is 2.93. The molecular formula is C18H26N2O2. The third-order valence-corrected chi connectivity index (χ3v) is 4.02. The van der Waals surface area contributed by atoms with Crippen molar-refractivity contribution in [2.24, 2.45) is 0 Å². The second kappa shape index (κ2) is 8.57. The molecule has 0 aliphatic carbocycles. The molecule has 1 fully saturated rings. The lowest BCUT2D eigenvalue weighted by Gasteiger charge is -2.16. The number of carbonyl (C=O) groups excluding carboxylic acids is 2. The van der Waals surface area contributed by atoms with E-state index in [9.17, 15) is 9.59 Å². The second-order valence-corrected chi connectivity index (χ2v) is 5.91. The Morgan fingerprint density at radius 1 is 1.23 bits per heavy atom. The van der Waals surface area contributed by atoms with Crippen LogP contribution in [0.1, 0.15) is 58.3 Å². The molecule has 120 valence electrons. The Bertz CT molecular complexity index is 514. The predicted molar refractivity (Wildman–Crippen MR) is 90.0 cm³/mol. The fourth-order valence-electron chi connectivity index (χ4n) is 2.79. The summed E-state index contributed by atoms with van der Waals surface area (Å²) in [5.41, 5.74) is 1.65. The van der Waals surface area contributed by atoms with Gasteiger partial charge in [-0.05, 0) is 31.0 Å². The average Bonchev–Trinajstić information content (AvgIpc) is 2.93. The van der Waals surface area contributed by atoms with Crippen LogP contribution < -0.4 is 10.2 Å². The van der Waals surface area contributed by atoms with E-state index in [0.29, 0.717) is 12.8 Å². The maximum atomic E-state index is 12.0. The molecule has 1 heterocycles. The molecule has 0 bridgehead atoms. The van der Waals surface area contributed by atoms with Crippen LogP contribution in [-0.2, 0) is 9.59 Å². The van der Waals surface area contributed by atoms with Crippen molar-refractivity contribution in [2.75, 3.05) is 16.8 Å². The van der Waals surface area contributed by atoms with Crippen molar-refractivity contribution >= 4 is 23.2 Å². The summed E-state index contributed by atoms with van der Waals surface area (Å²) in [6, 6.07) is 7.57. The molecule has 1 aliphatic rings. The fraction of sp³-hybridized carbons (Fsp3) is 0.556. The summed E-state index contributed by atoms with van der Waals surface area (Å²) in [5.74, 6) is 0.223. The highest BCUT2D eigenvalue weighted by Crippen LogP contribution is 2.24. The molecule has 22 heavy (non-hydrogen) atoms. The molecule has 1 saturated heterocycles.